The Kier molecular flexibility index (Phi) is 5.25. The highest BCUT2D eigenvalue weighted by Gasteiger charge is 2.21. The van der Waals surface area contributed by atoms with Gasteiger partial charge in [0.25, 0.3) is 0 Å². The van der Waals surface area contributed by atoms with E-state index in [1.54, 1.807) is 6.20 Å². The summed E-state index contributed by atoms with van der Waals surface area (Å²) in [5, 5.41) is 3.19. The molecule has 0 saturated carbocycles. The Morgan fingerprint density at radius 1 is 0.957 bits per heavy atom. The van der Waals surface area contributed by atoms with Crippen LogP contribution in [0.4, 0.5) is 4.79 Å². The first kappa shape index (κ1) is 15.5. The van der Waals surface area contributed by atoms with Gasteiger partial charge in [0.05, 0.1) is 6.04 Å². The molecule has 2 heterocycles. The van der Waals surface area contributed by atoms with E-state index in [-0.39, 0.29) is 12.1 Å². The number of hydrogen-bond donors (Lipinski definition) is 1. The van der Waals surface area contributed by atoms with E-state index in [0.29, 0.717) is 0 Å². The molecule has 1 aromatic carbocycles. The van der Waals surface area contributed by atoms with E-state index >= 15 is 0 Å². The summed E-state index contributed by atoms with van der Waals surface area (Å²) in [7, 11) is 0. The zero-order valence-electron chi connectivity index (χ0n) is 13.3. The van der Waals surface area contributed by atoms with E-state index in [2.05, 4.69) is 10.3 Å². The highest BCUT2D eigenvalue weighted by molar-refractivity contribution is 5.75. The van der Waals surface area contributed by atoms with Gasteiger partial charge in [-0.2, -0.15) is 0 Å². The van der Waals surface area contributed by atoms with Crippen molar-refractivity contribution in [3.63, 3.8) is 0 Å². The molecule has 0 aliphatic carbocycles. The maximum absolute atomic E-state index is 12.7. The van der Waals surface area contributed by atoms with Crippen LogP contribution in [0.15, 0.2) is 54.9 Å². The number of carbonyl (C=O) groups is 1. The van der Waals surface area contributed by atoms with Gasteiger partial charge in [-0.15, -0.1) is 0 Å². The molecule has 2 aromatic rings. The van der Waals surface area contributed by atoms with Crippen LogP contribution in [0.2, 0.25) is 0 Å². The number of rotatable bonds is 3. The molecule has 0 spiro atoms. The monoisotopic (exact) mass is 309 g/mol. The first-order chi connectivity index (χ1) is 11.3. The summed E-state index contributed by atoms with van der Waals surface area (Å²) >= 11 is 0. The van der Waals surface area contributed by atoms with Gasteiger partial charge < -0.3 is 10.2 Å². The van der Waals surface area contributed by atoms with Crippen LogP contribution < -0.4 is 5.32 Å². The third-order valence-electron chi connectivity index (χ3n) is 4.31. The van der Waals surface area contributed by atoms with E-state index in [0.717, 1.165) is 37.1 Å². The number of amides is 2. The van der Waals surface area contributed by atoms with Crippen molar-refractivity contribution in [2.75, 3.05) is 13.1 Å². The molecule has 1 N–H and O–H groups in total. The lowest BCUT2D eigenvalue weighted by molar-refractivity contribution is 0.197. The van der Waals surface area contributed by atoms with Gasteiger partial charge in [0.15, 0.2) is 0 Å². The van der Waals surface area contributed by atoms with Gasteiger partial charge in [0.1, 0.15) is 0 Å². The number of nitrogens with one attached hydrogen (secondary N) is 1. The SMILES string of the molecule is O=C(N[C@@H](c1ccccc1)c1cccnc1)N1CCCCCC1. The van der Waals surface area contributed by atoms with Crippen molar-refractivity contribution in [2.24, 2.45) is 0 Å². The standard InChI is InChI=1S/C19H23N3O/c23-19(22-13-6-1-2-7-14-22)21-18(16-9-4-3-5-10-16)17-11-8-12-20-15-17/h3-5,8-12,15,18H,1-2,6-7,13-14H2,(H,21,23)/t18-/m0/s1. The fraction of sp³-hybridized carbons (Fsp3) is 0.368. The molecule has 1 saturated heterocycles. The minimum atomic E-state index is -0.166. The van der Waals surface area contributed by atoms with Gasteiger partial charge in [-0.1, -0.05) is 49.2 Å². The van der Waals surface area contributed by atoms with E-state index in [1.807, 2.05) is 53.6 Å². The Morgan fingerprint density at radius 2 is 1.65 bits per heavy atom. The van der Waals surface area contributed by atoms with Gasteiger partial charge in [-0.05, 0) is 30.0 Å². The van der Waals surface area contributed by atoms with Crippen LogP contribution in [0, 0.1) is 0 Å². The van der Waals surface area contributed by atoms with Crippen LogP contribution >= 0.6 is 0 Å². The van der Waals surface area contributed by atoms with Crippen LogP contribution in [0.1, 0.15) is 42.9 Å². The predicted octanol–water partition coefficient (Wildman–Crippen LogP) is 3.76. The minimum absolute atomic E-state index is 0.0182. The second kappa shape index (κ2) is 7.77. The predicted molar refractivity (Wildman–Crippen MR) is 91.1 cm³/mol. The van der Waals surface area contributed by atoms with Crippen LogP contribution in [-0.2, 0) is 0 Å². The molecule has 1 aliphatic heterocycles. The smallest absolute Gasteiger partial charge is 0.318 e. The average Bonchev–Trinajstić information content (AvgIpc) is 2.90. The summed E-state index contributed by atoms with van der Waals surface area (Å²) in [4.78, 5) is 18.8. The van der Waals surface area contributed by atoms with Crippen molar-refractivity contribution in [2.45, 2.75) is 31.7 Å². The van der Waals surface area contributed by atoms with Crippen LogP contribution in [0.5, 0.6) is 0 Å². The molecule has 1 fully saturated rings. The van der Waals surface area contributed by atoms with Crippen LogP contribution in [-0.4, -0.2) is 29.0 Å². The van der Waals surface area contributed by atoms with Gasteiger partial charge in [-0.3, -0.25) is 4.98 Å². The summed E-state index contributed by atoms with van der Waals surface area (Å²) in [6.07, 6.45) is 8.19. The highest BCUT2D eigenvalue weighted by atomic mass is 16.2. The summed E-state index contributed by atoms with van der Waals surface area (Å²) in [6.45, 7) is 1.70. The normalized spacial score (nSPS) is 16.4. The molecule has 1 aromatic heterocycles. The number of urea groups is 1. The summed E-state index contributed by atoms with van der Waals surface area (Å²) in [5.41, 5.74) is 2.07. The Morgan fingerprint density at radius 3 is 2.30 bits per heavy atom. The Bertz CT molecular complexity index is 568. The lowest BCUT2D eigenvalue weighted by Gasteiger charge is -2.26. The largest absolute Gasteiger partial charge is 0.327 e. The maximum Gasteiger partial charge on any atom is 0.318 e. The number of hydrogen-bond acceptors (Lipinski definition) is 2. The van der Waals surface area contributed by atoms with Crippen molar-refractivity contribution in [3.05, 3.63) is 66.0 Å². The molecule has 1 aliphatic rings. The fourth-order valence-corrected chi connectivity index (χ4v) is 3.04. The molecule has 4 heteroatoms. The molecule has 23 heavy (non-hydrogen) atoms. The lowest BCUT2D eigenvalue weighted by Crippen LogP contribution is -2.42. The van der Waals surface area contributed by atoms with Gasteiger partial charge in [-0.25, -0.2) is 4.79 Å². The van der Waals surface area contributed by atoms with Gasteiger partial charge in [0.2, 0.25) is 0 Å². The molecule has 4 nitrogen and oxygen atoms in total. The minimum Gasteiger partial charge on any atom is -0.327 e. The molecule has 1 atom stereocenters. The topological polar surface area (TPSA) is 45.2 Å². The number of pyridine rings is 1. The maximum atomic E-state index is 12.7. The van der Waals surface area contributed by atoms with Crippen LogP contribution in [0.25, 0.3) is 0 Å². The third-order valence-corrected chi connectivity index (χ3v) is 4.31. The van der Waals surface area contributed by atoms with E-state index in [1.165, 1.54) is 12.8 Å². The fourth-order valence-electron chi connectivity index (χ4n) is 3.04. The molecular formula is C19H23N3O. The highest BCUT2D eigenvalue weighted by Crippen LogP contribution is 2.22. The number of likely N-dealkylation sites (tertiary alicyclic amines) is 1. The second-order valence-corrected chi connectivity index (χ2v) is 5.98. The zero-order valence-corrected chi connectivity index (χ0v) is 13.3. The van der Waals surface area contributed by atoms with Crippen molar-refractivity contribution >= 4 is 6.03 Å². The first-order valence-electron chi connectivity index (χ1n) is 8.35. The first-order valence-corrected chi connectivity index (χ1v) is 8.35. The molecule has 120 valence electrons. The Hall–Kier alpha value is -2.36. The second-order valence-electron chi connectivity index (χ2n) is 5.98. The zero-order chi connectivity index (χ0) is 15.9. The summed E-state index contributed by atoms with van der Waals surface area (Å²) in [6, 6.07) is 13.8. The van der Waals surface area contributed by atoms with Crippen LogP contribution in [0.3, 0.4) is 0 Å². The van der Waals surface area contributed by atoms with E-state index < -0.39 is 0 Å². The van der Waals surface area contributed by atoms with Crippen molar-refractivity contribution in [3.8, 4) is 0 Å². The molecule has 0 bridgehead atoms. The lowest BCUT2D eigenvalue weighted by atomic mass is 10.0. The molecule has 0 unspecified atom stereocenters. The van der Waals surface area contributed by atoms with Crippen molar-refractivity contribution in [1.82, 2.24) is 15.2 Å². The number of carbonyl (C=O) groups excluding carboxylic acids is 1. The number of aromatic nitrogens is 1. The van der Waals surface area contributed by atoms with E-state index in [9.17, 15) is 4.79 Å². The van der Waals surface area contributed by atoms with Crippen molar-refractivity contribution in [1.29, 1.82) is 0 Å². The average molecular weight is 309 g/mol. The summed E-state index contributed by atoms with van der Waals surface area (Å²) in [5.74, 6) is 0. The van der Waals surface area contributed by atoms with Gasteiger partial charge >= 0.3 is 6.03 Å². The van der Waals surface area contributed by atoms with E-state index in [4.69, 9.17) is 0 Å². The molecule has 0 radical (unpaired) electrons. The third kappa shape index (κ3) is 4.09. The number of nitrogens with zero attached hydrogens (tertiary/aromatic N) is 2. The Labute approximate surface area is 137 Å². The molecule has 2 amide bonds. The summed E-state index contributed by atoms with van der Waals surface area (Å²) < 4.78 is 0. The molecule has 3 rings (SSSR count). The van der Waals surface area contributed by atoms with Gasteiger partial charge in [0, 0.05) is 25.5 Å². The van der Waals surface area contributed by atoms with Crippen molar-refractivity contribution < 1.29 is 4.79 Å². The quantitative estimate of drug-likeness (QED) is 0.938. The number of benzene rings is 1. The molecular weight excluding hydrogens is 286 g/mol. The Balaban J connectivity index is 1.80.